The number of aromatic amines is 1. The number of nitrogens with zero attached hydrogens (tertiary/aromatic N) is 3. The standard InChI is InChI=1S/C11H13BrN4O/c1-7(2)6-17-10-4-3-8(5-9(10)12)11-13-15-16-14-11/h3-5,7H,6H2,1-2H3,(H,13,14,15,16). The first kappa shape index (κ1) is 12.0. The minimum Gasteiger partial charge on any atom is -0.492 e. The van der Waals surface area contributed by atoms with Crippen LogP contribution < -0.4 is 4.74 Å². The number of benzene rings is 1. The van der Waals surface area contributed by atoms with Crippen LogP contribution in [0.2, 0.25) is 0 Å². The molecule has 0 unspecified atom stereocenters. The summed E-state index contributed by atoms with van der Waals surface area (Å²) in [5, 5.41) is 13.8. The number of aromatic nitrogens is 4. The van der Waals surface area contributed by atoms with Gasteiger partial charge in [0.1, 0.15) is 5.75 Å². The first-order valence-corrected chi connectivity index (χ1v) is 6.12. The van der Waals surface area contributed by atoms with Gasteiger partial charge in [-0.2, -0.15) is 5.21 Å². The molecule has 0 aliphatic rings. The van der Waals surface area contributed by atoms with Gasteiger partial charge in [0.2, 0.25) is 5.82 Å². The third kappa shape index (κ3) is 3.03. The smallest absolute Gasteiger partial charge is 0.204 e. The van der Waals surface area contributed by atoms with E-state index < -0.39 is 0 Å². The lowest BCUT2D eigenvalue weighted by Crippen LogP contribution is -2.04. The zero-order valence-corrected chi connectivity index (χ0v) is 11.2. The van der Waals surface area contributed by atoms with Crippen molar-refractivity contribution in [2.75, 3.05) is 6.61 Å². The fourth-order valence-corrected chi connectivity index (χ4v) is 1.79. The molecule has 1 aromatic carbocycles. The lowest BCUT2D eigenvalue weighted by molar-refractivity contribution is 0.269. The highest BCUT2D eigenvalue weighted by Gasteiger charge is 2.07. The van der Waals surface area contributed by atoms with Crippen LogP contribution in [-0.4, -0.2) is 27.2 Å². The molecule has 0 aliphatic heterocycles. The summed E-state index contributed by atoms with van der Waals surface area (Å²) in [6.07, 6.45) is 0. The molecular formula is C11H13BrN4O. The molecule has 2 rings (SSSR count). The van der Waals surface area contributed by atoms with Crippen LogP contribution in [0.5, 0.6) is 5.75 Å². The highest BCUT2D eigenvalue weighted by molar-refractivity contribution is 9.10. The maximum absolute atomic E-state index is 5.66. The lowest BCUT2D eigenvalue weighted by Gasteiger charge is -2.10. The fraction of sp³-hybridized carbons (Fsp3) is 0.364. The molecule has 0 aliphatic carbocycles. The second kappa shape index (κ2) is 5.27. The molecule has 0 saturated carbocycles. The molecule has 0 bridgehead atoms. The number of hydrogen-bond acceptors (Lipinski definition) is 4. The molecule has 0 radical (unpaired) electrons. The Morgan fingerprint density at radius 2 is 2.24 bits per heavy atom. The normalized spacial score (nSPS) is 10.8. The third-order valence-corrected chi connectivity index (χ3v) is 2.73. The topological polar surface area (TPSA) is 63.7 Å². The molecule has 0 fully saturated rings. The second-order valence-corrected chi connectivity index (χ2v) is 4.94. The Balaban J connectivity index is 2.17. The van der Waals surface area contributed by atoms with Gasteiger partial charge in [0.25, 0.3) is 0 Å². The number of H-pyrrole nitrogens is 1. The molecule has 1 heterocycles. The van der Waals surface area contributed by atoms with Crippen LogP contribution in [0.15, 0.2) is 22.7 Å². The lowest BCUT2D eigenvalue weighted by atomic mass is 10.2. The van der Waals surface area contributed by atoms with Gasteiger partial charge in [-0.3, -0.25) is 0 Å². The Bertz CT molecular complexity index is 484. The van der Waals surface area contributed by atoms with E-state index in [-0.39, 0.29) is 0 Å². The zero-order valence-electron chi connectivity index (χ0n) is 9.64. The molecule has 1 aromatic heterocycles. The number of tetrazole rings is 1. The summed E-state index contributed by atoms with van der Waals surface area (Å²) in [4.78, 5) is 0. The highest BCUT2D eigenvalue weighted by atomic mass is 79.9. The van der Waals surface area contributed by atoms with Gasteiger partial charge >= 0.3 is 0 Å². The summed E-state index contributed by atoms with van der Waals surface area (Å²) in [5.74, 6) is 1.89. The Morgan fingerprint density at radius 1 is 1.41 bits per heavy atom. The minimum atomic E-state index is 0.499. The van der Waals surface area contributed by atoms with Gasteiger partial charge in [0, 0.05) is 5.56 Å². The van der Waals surface area contributed by atoms with E-state index in [1.54, 1.807) is 0 Å². The molecule has 0 atom stereocenters. The van der Waals surface area contributed by atoms with Crippen molar-refractivity contribution < 1.29 is 4.74 Å². The fourth-order valence-electron chi connectivity index (χ4n) is 1.30. The van der Waals surface area contributed by atoms with Crippen LogP contribution in [0.1, 0.15) is 13.8 Å². The van der Waals surface area contributed by atoms with E-state index >= 15 is 0 Å². The molecule has 90 valence electrons. The van der Waals surface area contributed by atoms with Gasteiger partial charge in [-0.25, -0.2) is 0 Å². The van der Waals surface area contributed by atoms with E-state index in [1.807, 2.05) is 18.2 Å². The van der Waals surface area contributed by atoms with Crippen LogP contribution in [0, 0.1) is 5.92 Å². The van der Waals surface area contributed by atoms with E-state index in [0.29, 0.717) is 18.3 Å². The van der Waals surface area contributed by atoms with Crippen LogP contribution in [-0.2, 0) is 0 Å². The Morgan fingerprint density at radius 3 is 2.82 bits per heavy atom. The quantitative estimate of drug-likeness (QED) is 0.942. The molecule has 0 saturated heterocycles. The summed E-state index contributed by atoms with van der Waals surface area (Å²) in [6.45, 7) is 4.92. The van der Waals surface area contributed by atoms with Crippen LogP contribution in [0.3, 0.4) is 0 Å². The van der Waals surface area contributed by atoms with Crippen molar-refractivity contribution in [1.82, 2.24) is 20.6 Å². The molecule has 17 heavy (non-hydrogen) atoms. The largest absolute Gasteiger partial charge is 0.492 e. The number of rotatable bonds is 4. The Labute approximate surface area is 108 Å². The van der Waals surface area contributed by atoms with Crippen LogP contribution in [0.4, 0.5) is 0 Å². The van der Waals surface area contributed by atoms with Gasteiger partial charge in [-0.15, -0.1) is 10.2 Å². The predicted molar refractivity (Wildman–Crippen MR) is 67.6 cm³/mol. The van der Waals surface area contributed by atoms with Crippen molar-refractivity contribution in [2.45, 2.75) is 13.8 Å². The van der Waals surface area contributed by atoms with Gasteiger partial charge < -0.3 is 4.74 Å². The molecule has 5 nitrogen and oxygen atoms in total. The average Bonchev–Trinajstić information content (AvgIpc) is 2.80. The van der Waals surface area contributed by atoms with E-state index in [2.05, 4.69) is 50.4 Å². The summed E-state index contributed by atoms with van der Waals surface area (Å²) < 4.78 is 6.55. The number of hydrogen-bond donors (Lipinski definition) is 1. The van der Waals surface area contributed by atoms with E-state index in [1.165, 1.54) is 0 Å². The maximum atomic E-state index is 5.66. The summed E-state index contributed by atoms with van der Waals surface area (Å²) in [6, 6.07) is 5.73. The van der Waals surface area contributed by atoms with Crippen molar-refractivity contribution in [1.29, 1.82) is 0 Å². The molecule has 2 aromatic rings. The molecule has 0 amide bonds. The van der Waals surface area contributed by atoms with Gasteiger partial charge in [0.05, 0.1) is 11.1 Å². The van der Waals surface area contributed by atoms with Crippen LogP contribution in [0.25, 0.3) is 11.4 Å². The Kier molecular flexibility index (Phi) is 3.73. The van der Waals surface area contributed by atoms with E-state index in [4.69, 9.17) is 4.74 Å². The molecule has 1 N–H and O–H groups in total. The van der Waals surface area contributed by atoms with Crippen molar-refractivity contribution in [2.24, 2.45) is 5.92 Å². The number of ether oxygens (including phenoxy) is 1. The van der Waals surface area contributed by atoms with Gasteiger partial charge in [0.15, 0.2) is 0 Å². The Hall–Kier alpha value is -1.43. The van der Waals surface area contributed by atoms with Crippen molar-refractivity contribution >= 4 is 15.9 Å². The summed E-state index contributed by atoms with van der Waals surface area (Å²) in [5.41, 5.74) is 0.891. The van der Waals surface area contributed by atoms with Crippen molar-refractivity contribution in [3.63, 3.8) is 0 Å². The number of nitrogens with one attached hydrogen (secondary N) is 1. The second-order valence-electron chi connectivity index (χ2n) is 4.09. The first-order chi connectivity index (χ1) is 8.16. The minimum absolute atomic E-state index is 0.499. The van der Waals surface area contributed by atoms with Crippen molar-refractivity contribution in [3.8, 4) is 17.1 Å². The predicted octanol–water partition coefficient (Wildman–Crippen LogP) is 2.66. The monoisotopic (exact) mass is 296 g/mol. The highest BCUT2D eigenvalue weighted by Crippen LogP contribution is 2.29. The summed E-state index contributed by atoms with van der Waals surface area (Å²) >= 11 is 3.47. The first-order valence-electron chi connectivity index (χ1n) is 5.33. The molecular weight excluding hydrogens is 284 g/mol. The summed E-state index contributed by atoms with van der Waals surface area (Å²) in [7, 11) is 0. The number of halogens is 1. The van der Waals surface area contributed by atoms with Gasteiger partial charge in [-0.1, -0.05) is 13.8 Å². The van der Waals surface area contributed by atoms with Crippen molar-refractivity contribution in [3.05, 3.63) is 22.7 Å². The maximum Gasteiger partial charge on any atom is 0.204 e. The zero-order chi connectivity index (χ0) is 12.3. The molecule has 0 spiro atoms. The van der Waals surface area contributed by atoms with E-state index in [0.717, 1.165) is 15.8 Å². The third-order valence-electron chi connectivity index (χ3n) is 2.11. The molecule has 6 heteroatoms. The SMILES string of the molecule is CC(C)COc1ccc(-c2nn[nH]n2)cc1Br. The van der Waals surface area contributed by atoms with Crippen LogP contribution >= 0.6 is 15.9 Å². The average molecular weight is 297 g/mol. The van der Waals surface area contributed by atoms with Gasteiger partial charge in [-0.05, 0) is 45.3 Å². The van der Waals surface area contributed by atoms with E-state index in [9.17, 15) is 0 Å².